The predicted octanol–water partition coefficient (Wildman–Crippen LogP) is 1.27. The normalized spacial score (nSPS) is 12.5. The van der Waals surface area contributed by atoms with Gasteiger partial charge in [0, 0.05) is 30.7 Å². The van der Waals surface area contributed by atoms with Gasteiger partial charge in [-0.1, -0.05) is 12.1 Å². The number of carbonyl (C=O) groups excluding carboxylic acids is 1. The first kappa shape index (κ1) is 16.6. The molecule has 0 atom stereocenters. The molecule has 6 nitrogen and oxygen atoms in total. The van der Waals surface area contributed by atoms with Crippen LogP contribution in [0.1, 0.15) is 22.8 Å². The fraction of sp³-hybridized carbons (Fsp3) is 0.286. The summed E-state index contributed by atoms with van der Waals surface area (Å²) >= 11 is 1.39. The van der Waals surface area contributed by atoms with Gasteiger partial charge >= 0.3 is 0 Å². The average Bonchev–Trinajstić information content (AvgIpc) is 2.91. The van der Waals surface area contributed by atoms with Gasteiger partial charge < -0.3 is 4.57 Å². The molecule has 22 heavy (non-hydrogen) atoms. The van der Waals surface area contributed by atoms with Crippen LogP contribution in [0.3, 0.4) is 0 Å². The molecule has 0 bridgehead atoms. The molecule has 2 rings (SSSR count). The molecule has 0 aliphatic heterocycles. The van der Waals surface area contributed by atoms with E-state index in [0.717, 1.165) is 5.56 Å². The number of amides is 1. The van der Waals surface area contributed by atoms with E-state index in [1.807, 2.05) is 18.6 Å². The second kappa shape index (κ2) is 6.99. The third-order valence-electron chi connectivity index (χ3n) is 3.03. The Hall–Kier alpha value is -1.77. The zero-order chi connectivity index (χ0) is 16.2. The van der Waals surface area contributed by atoms with Gasteiger partial charge in [-0.2, -0.15) is 4.99 Å². The first-order valence-electron chi connectivity index (χ1n) is 6.67. The fourth-order valence-corrected chi connectivity index (χ4v) is 2.97. The number of nitrogens with one attached hydrogen (secondary N) is 1. The maximum absolute atomic E-state index is 12.1. The Kier molecular flexibility index (Phi) is 5.28. The maximum atomic E-state index is 12.1. The molecule has 1 aromatic heterocycles. The zero-order valence-electron chi connectivity index (χ0n) is 12.3. The zero-order valence-corrected chi connectivity index (χ0v) is 13.9. The lowest BCUT2D eigenvalue weighted by molar-refractivity contribution is 0.0998. The number of hydrogen-bond donors (Lipinski definition) is 1. The number of thiazole rings is 1. The molecule has 1 N–H and O–H groups in total. The largest absolute Gasteiger partial charge is 0.327 e. The quantitative estimate of drug-likeness (QED) is 0.891. The monoisotopic (exact) mass is 339 g/mol. The van der Waals surface area contributed by atoms with Crippen LogP contribution in [0.25, 0.3) is 0 Å². The molecular weight excluding hydrogens is 322 g/mol. The van der Waals surface area contributed by atoms with Crippen molar-refractivity contribution in [1.82, 2.24) is 9.29 Å². The maximum Gasteiger partial charge on any atom is 0.279 e. The Labute approximate surface area is 133 Å². The van der Waals surface area contributed by atoms with Crippen molar-refractivity contribution in [3.05, 3.63) is 51.8 Å². The van der Waals surface area contributed by atoms with Gasteiger partial charge in [0.2, 0.25) is 10.0 Å². The molecule has 0 radical (unpaired) electrons. The van der Waals surface area contributed by atoms with E-state index in [2.05, 4.69) is 9.71 Å². The molecule has 1 aromatic carbocycles. The molecule has 0 fully saturated rings. The number of aromatic nitrogens is 1. The van der Waals surface area contributed by atoms with E-state index < -0.39 is 10.0 Å². The van der Waals surface area contributed by atoms with Gasteiger partial charge in [-0.3, -0.25) is 4.79 Å². The molecule has 8 heteroatoms. The Bertz CT molecular complexity index is 818. The van der Waals surface area contributed by atoms with Crippen molar-refractivity contribution in [3.63, 3.8) is 0 Å². The van der Waals surface area contributed by atoms with E-state index >= 15 is 0 Å². The summed E-state index contributed by atoms with van der Waals surface area (Å²) in [5.74, 6) is -0.279. The summed E-state index contributed by atoms with van der Waals surface area (Å²) in [6, 6.07) is 6.73. The molecular formula is C14H17N3O3S2. The van der Waals surface area contributed by atoms with E-state index in [0.29, 0.717) is 10.4 Å². The lowest BCUT2D eigenvalue weighted by atomic mass is 10.1. The van der Waals surface area contributed by atoms with E-state index in [1.165, 1.54) is 11.3 Å². The second-order valence-electron chi connectivity index (χ2n) is 4.63. The highest BCUT2D eigenvalue weighted by atomic mass is 32.2. The summed E-state index contributed by atoms with van der Waals surface area (Å²) in [7, 11) is -1.40. The standard InChI is InChI=1S/C14H17N3O3S2/c1-3-22(19,20)15-10-11-4-6-12(7-5-11)13(18)16-14-17(2)8-9-21-14/h4-9,15H,3,10H2,1-2H3. The number of sulfonamides is 1. The van der Waals surface area contributed by atoms with Crippen LogP contribution in [0.5, 0.6) is 0 Å². The first-order chi connectivity index (χ1) is 10.4. The molecule has 1 heterocycles. The van der Waals surface area contributed by atoms with Crippen LogP contribution in [0.2, 0.25) is 0 Å². The highest BCUT2D eigenvalue weighted by Crippen LogP contribution is 2.06. The van der Waals surface area contributed by atoms with E-state index in [4.69, 9.17) is 0 Å². The van der Waals surface area contributed by atoms with Crippen LogP contribution < -0.4 is 9.52 Å². The highest BCUT2D eigenvalue weighted by Gasteiger charge is 2.07. The van der Waals surface area contributed by atoms with Crippen molar-refractivity contribution in [2.45, 2.75) is 13.5 Å². The number of nitrogens with zero attached hydrogens (tertiary/aromatic N) is 2. The third kappa shape index (κ3) is 4.36. The SMILES string of the molecule is CCS(=O)(=O)NCc1ccc(C(=O)N=c2sccn2C)cc1. The average molecular weight is 339 g/mol. The van der Waals surface area contributed by atoms with Crippen molar-refractivity contribution in [3.8, 4) is 0 Å². The van der Waals surface area contributed by atoms with Gasteiger partial charge in [-0.25, -0.2) is 13.1 Å². The van der Waals surface area contributed by atoms with Crippen molar-refractivity contribution >= 4 is 27.3 Å². The van der Waals surface area contributed by atoms with Gasteiger partial charge in [0.1, 0.15) is 0 Å². The molecule has 0 aliphatic carbocycles. The Morgan fingerprint density at radius 1 is 1.32 bits per heavy atom. The second-order valence-corrected chi connectivity index (χ2v) is 7.60. The number of benzene rings is 1. The van der Waals surface area contributed by atoms with E-state index in [-0.39, 0.29) is 18.2 Å². The fourth-order valence-electron chi connectivity index (χ4n) is 1.65. The van der Waals surface area contributed by atoms with Gasteiger partial charge in [-0.15, -0.1) is 11.3 Å². The van der Waals surface area contributed by atoms with Gasteiger partial charge in [-0.05, 0) is 24.6 Å². The van der Waals surface area contributed by atoms with Crippen LogP contribution >= 0.6 is 11.3 Å². The Morgan fingerprint density at radius 2 is 2.00 bits per heavy atom. The van der Waals surface area contributed by atoms with Gasteiger partial charge in [0.05, 0.1) is 5.75 Å². The smallest absolute Gasteiger partial charge is 0.279 e. The third-order valence-corrected chi connectivity index (χ3v) is 5.23. The minimum atomic E-state index is -3.22. The molecule has 1 amide bonds. The minimum Gasteiger partial charge on any atom is -0.327 e. The van der Waals surface area contributed by atoms with E-state index in [1.54, 1.807) is 35.8 Å². The van der Waals surface area contributed by atoms with Gasteiger partial charge in [0.25, 0.3) is 5.91 Å². The minimum absolute atomic E-state index is 0.0419. The lowest BCUT2D eigenvalue weighted by Gasteiger charge is -2.04. The molecule has 0 unspecified atom stereocenters. The van der Waals surface area contributed by atoms with Crippen molar-refractivity contribution in [2.24, 2.45) is 12.0 Å². The number of rotatable bonds is 5. The summed E-state index contributed by atoms with van der Waals surface area (Å²) in [6.07, 6.45) is 1.83. The molecule has 0 saturated carbocycles. The van der Waals surface area contributed by atoms with Crippen molar-refractivity contribution in [2.75, 3.05) is 5.75 Å². The lowest BCUT2D eigenvalue weighted by Crippen LogP contribution is -2.24. The molecule has 118 valence electrons. The first-order valence-corrected chi connectivity index (χ1v) is 9.20. The molecule has 0 spiro atoms. The summed E-state index contributed by atoms with van der Waals surface area (Å²) in [4.78, 5) is 16.7. The summed E-state index contributed by atoms with van der Waals surface area (Å²) < 4.78 is 27.0. The van der Waals surface area contributed by atoms with Crippen molar-refractivity contribution < 1.29 is 13.2 Å². The molecule has 2 aromatic rings. The van der Waals surface area contributed by atoms with Crippen LogP contribution in [-0.4, -0.2) is 24.6 Å². The highest BCUT2D eigenvalue weighted by molar-refractivity contribution is 7.89. The number of aryl methyl sites for hydroxylation is 1. The van der Waals surface area contributed by atoms with Crippen LogP contribution in [0.4, 0.5) is 0 Å². The van der Waals surface area contributed by atoms with Gasteiger partial charge in [0.15, 0.2) is 4.80 Å². The number of hydrogen-bond acceptors (Lipinski definition) is 4. The van der Waals surface area contributed by atoms with Crippen molar-refractivity contribution in [1.29, 1.82) is 0 Å². The topological polar surface area (TPSA) is 80.5 Å². The van der Waals surface area contributed by atoms with E-state index in [9.17, 15) is 13.2 Å². The van der Waals surface area contributed by atoms with Crippen LogP contribution in [0.15, 0.2) is 40.8 Å². The molecule has 0 saturated heterocycles. The summed E-state index contributed by atoms with van der Waals surface area (Å²) in [5.41, 5.74) is 1.26. The predicted molar refractivity (Wildman–Crippen MR) is 85.9 cm³/mol. The Balaban J connectivity index is 2.09. The molecule has 0 aliphatic rings. The van der Waals surface area contributed by atoms with Crippen LogP contribution in [-0.2, 0) is 23.6 Å². The summed E-state index contributed by atoms with van der Waals surface area (Å²) in [5, 5.41) is 1.86. The summed E-state index contributed by atoms with van der Waals surface area (Å²) in [6.45, 7) is 1.79. The number of carbonyl (C=O) groups is 1. The van der Waals surface area contributed by atoms with Crippen LogP contribution in [0, 0.1) is 0 Å². The Morgan fingerprint density at radius 3 is 2.55 bits per heavy atom.